The fourth-order valence-corrected chi connectivity index (χ4v) is 3.40. The summed E-state index contributed by atoms with van der Waals surface area (Å²) in [6.45, 7) is 15.0. The van der Waals surface area contributed by atoms with Gasteiger partial charge in [-0.05, 0) is 39.5 Å². The first-order valence-electron chi connectivity index (χ1n) is 7.18. The van der Waals surface area contributed by atoms with Gasteiger partial charge in [0, 0.05) is 31.7 Å². The maximum atomic E-state index is 5.42. The van der Waals surface area contributed by atoms with Crippen molar-refractivity contribution >= 4 is 28.7 Å². The van der Waals surface area contributed by atoms with E-state index in [2.05, 4.69) is 47.9 Å². The number of anilines is 1. The van der Waals surface area contributed by atoms with Crippen LogP contribution in [0.15, 0.2) is 0 Å². The van der Waals surface area contributed by atoms with Crippen molar-refractivity contribution in [2.75, 3.05) is 38.0 Å². The van der Waals surface area contributed by atoms with E-state index in [-0.39, 0.29) is 5.54 Å². The third kappa shape index (κ3) is 4.51. The van der Waals surface area contributed by atoms with Gasteiger partial charge in [-0.15, -0.1) is 5.10 Å². The van der Waals surface area contributed by atoms with Crippen LogP contribution in [0.1, 0.15) is 27.7 Å². The molecular formula is C13H25N5S2. The van der Waals surface area contributed by atoms with Gasteiger partial charge in [-0.3, -0.25) is 4.90 Å². The van der Waals surface area contributed by atoms with E-state index in [4.69, 9.17) is 12.2 Å². The molecule has 1 aliphatic rings. The lowest BCUT2D eigenvalue weighted by atomic mass is 10.1. The second kappa shape index (κ2) is 6.51. The maximum Gasteiger partial charge on any atom is 0.205 e. The van der Waals surface area contributed by atoms with Crippen LogP contribution >= 0.6 is 23.6 Å². The van der Waals surface area contributed by atoms with Crippen LogP contribution in [0.25, 0.3) is 0 Å². The Morgan fingerprint density at radius 3 is 2.35 bits per heavy atom. The second-order valence-corrected chi connectivity index (χ2v) is 7.86. The molecule has 0 atom stereocenters. The van der Waals surface area contributed by atoms with Crippen molar-refractivity contribution in [3.63, 3.8) is 0 Å². The fourth-order valence-electron chi connectivity index (χ4n) is 2.20. The molecule has 1 aromatic heterocycles. The first kappa shape index (κ1) is 15.9. The van der Waals surface area contributed by atoms with Gasteiger partial charge in [0.15, 0.2) is 3.95 Å². The van der Waals surface area contributed by atoms with Crippen LogP contribution in [0.3, 0.4) is 0 Å². The largest absolute Gasteiger partial charge is 0.356 e. The molecule has 1 aromatic rings. The molecule has 1 saturated heterocycles. The summed E-state index contributed by atoms with van der Waals surface area (Å²) in [6, 6.07) is 0. The van der Waals surface area contributed by atoms with E-state index in [0.717, 1.165) is 48.5 Å². The summed E-state index contributed by atoms with van der Waals surface area (Å²) in [5, 5.41) is 8.89. The van der Waals surface area contributed by atoms with Crippen molar-refractivity contribution in [3.05, 3.63) is 3.95 Å². The molecule has 1 fully saturated rings. The number of nitrogens with one attached hydrogen (secondary N) is 1. The average Bonchev–Trinajstić information content (AvgIpc) is 2.68. The highest BCUT2D eigenvalue weighted by atomic mass is 32.1. The van der Waals surface area contributed by atoms with Gasteiger partial charge in [0.1, 0.15) is 0 Å². The van der Waals surface area contributed by atoms with Crippen LogP contribution in [0.4, 0.5) is 5.13 Å². The Morgan fingerprint density at radius 2 is 1.80 bits per heavy atom. The fraction of sp³-hybridized carbons (Fsp3) is 0.846. The molecule has 20 heavy (non-hydrogen) atoms. The van der Waals surface area contributed by atoms with Gasteiger partial charge >= 0.3 is 0 Å². The Hall–Kier alpha value is -0.500. The van der Waals surface area contributed by atoms with Crippen LogP contribution < -0.4 is 5.32 Å². The zero-order chi connectivity index (χ0) is 14.8. The molecule has 0 radical (unpaired) electrons. The molecular weight excluding hydrogens is 290 g/mol. The van der Waals surface area contributed by atoms with Gasteiger partial charge < -0.3 is 10.2 Å². The molecule has 1 N–H and O–H groups in total. The van der Waals surface area contributed by atoms with Crippen LogP contribution in [0.5, 0.6) is 0 Å². The molecule has 7 heteroatoms. The second-order valence-electron chi connectivity index (χ2n) is 6.24. The van der Waals surface area contributed by atoms with E-state index in [0.29, 0.717) is 0 Å². The molecule has 0 unspecified atom stereocenters. The maximum absolute atomic E-state index is 5.42. The molecule has 0 bridgehead atoms. The third-order valence-electron chi connectivity index (χ3n) is 3.33. The Kier molecular flexibility index (Phi) is 5.17. The van der Waals surface area contributed by atoms with Crippen LogP contribution in [-0.2, 0) is 6.67 Å². The van der Waals surface area contributed by atoms with E-state index in [1.807, 2.05) is 4.68 Å². The number of rotatable bonds is 4. The Bertz CT molecular complexity index is 480. The minimum Gasteiger partial charge on any atom is -0.356 e. The third-order valence-corrected chi connectivity index (χ3v) is 4.56. The minimum absolute atomic E-state index is 0.0181. The minimum atomic E-state index is 0.0181. The van der Waals surface area contributed by atoms with Crippen molar-refractivity contribution < 1.29 is 0 Å². The van der Waals surface area contributed by atoms with Gasteiger partial charge in [-0.2, -0.15) is 0 Å². The summed E-state index contributed by atoms with van der Waals surface area (Å²) in [7, 11) is 0. The number of likely N-dealkylation sites (N-methyl/N-ethyl adjacent to an activating group) is 1. The number of hydrogen-bond donors (Lipinski definition) is 1. The summed E-state index contributed by atoms with van der Waals surface area (Å²) in [6.07, 6.45) is 0. The summed E-state index contributed by atoms with van der Waals surface area (Å²) in [5.74, 6) is 0. The zero-order valence-corrected chi connectivity index (χ0v) is 14.5. The van der Waals surface area contributed by atoms with Crippen LogP contribution in [-0.4, -0.2) is 57.8 Å². The number of nitrogens with zero attached hydrogens (tertiary/aromatic N) is 4. The Labute approximate surface area is 130 Å². The predicted octanol–water partition coefficient (Wildman–Crippen LogP) is 2.48. The molecule has 0 saturated carbocycles. The van der Waals surface area contributed by atoms with Gasteiger partial charge in [-0.1, -0.05) is 18.3 Å². The Balaban J connectivity index is 1.95. The monoisotopic (exact) mass is 315 g/mol. The number of aromatic nitrogens is 2. The normalized spacial score (nSPS) is 18.4. The van der Waals surface area contributed by atoms with Crippen LogP contribution in [0.2, 0.25) is 0 Å². The van der Waals surface area contributed by atoms with E-state index in [9.17, 15) is 0 Å². The van der Waals surface area contributed by atoms with E-state index in [1.165, 1.54) is 0 Å². The Morgan fingerprint density at radius 1 is 1.20 bits per heavy atom. The van der Waals surface area contributed by atoms with Crippen molar-refractivity contribution in [3.8, 4) is 0 Å². The molecule has 0 spiro atoms. The van der Waals surface area contributed by atoms with Gasteiger partial charge in [0.25, 0.3) is 0 Å². The lowest BCUT2D eigenvalue weighted by Gasteiger charge is -2.33. The van der Waals surface area contributed by atoms with Crippen molar-refractivity contribution in [2.24, 2.45) is 0 Å². The topological polar surface area (TPSA) is 36.3 Å². The summed E-state index contributed by atoms with van der Waals surface area (Å²) in [4.78, 5) is 4.89. The van der Waals surface area contributed by atoms with Crippen LogP contribution in [0, 0.1) is 3.95 Å². The number of hydrogen-bond acceptors (Lipinski definition) is 6. The SMILES string of the molecule is CCN1CCN(Cn2nc(NC(C)(C)C)sc2=S)CC1. The highest BCUT2D eigenvalue weighted by Crippen LogP contribution is 2.19. The van der Waals surface area contributed by atoms with Gasteiger partial charge in [0.2, 0.25) is 5.13 Å². The smallest absolute Gasteiger partial charge is 0.205 e. The van der Waals surface area contributed by atoms with Crippen molar-refractivity contribution in [1.29, 1.82) is 0 Å². The first-order valence-corrected chi connectivity index (χ1v) is 8.41. The highest BCUT2D eigenvalue weighted by molar-refractivity contribution is 7.73. The van der Waals surface area contributed by atoms with Gasteiger partial charge in [-0.25, -0.2) is 4.68 Å². The summed E-state index contributed by atoms with van der Waals surface area (Å²) in [5.41, 5.74) is 0.0181. The highest BCUT2D eigenvalue weighted by Gasteiger charge is 2.17. The quantitative estimate of drug-likeness (QED) is 0.864. The van der Waals surface area contributed by atoms with E-state index < -0.39 is 0 Å². The summed E-state index contributed by atoms with van der Waals surface area (Å²) < 4.78 is 2.78. The predicted molar refractivity (Wildman–Crippen MR) is 88.0 cm³/mol. The van der Waals surface area contributed by atoms with Gasteiger partial charge in [0.05, 0.1) is 6.67 Å². The molecule has 2 heterocycles. The molecule has 5 nitrogen and oxygen atoms in total. The zero-order valence-electron chi connectivity index (χ0n) is 12.8. The molecule has 2 rings (SSSR count). The van der Waals surface area contributed by atoms with Crippen molar-refractivity contribution in [1.82, 2.24) is 19.6 Å². The summed E-state index contributed by atoms with van der Waals surface area (Å²) >= 11 is 6.97. The average molecular weight is 316 g/mol. The molecule has 114 valence electrons. The molecule has 0 aromatic carbocycles. The van der Waals surface area contributed by atoms with Crippen molar-refractivity contribution in [2.45, 2.75) is 39.9 Å². The van der Waals surface area contributed by atoms with E-state index in [1.54, 1.807) is 11.3 Å². The lowest BCUT2D eigenvalue weighted by Crippen LogP contribution is -2.46. The number of piperazine rings is 1. The lowest BCUT2D eigenvalue weighted by molar-refractivity contribution is 0.106. The van der Waals surface area contributed by atoms with E-state index >= 15 is 0 Å². The molecule has 0 aliphatic carbocycles. The molecule has 1 aliphatic heterocycles. The standard InChI is InChI=1S/C13H25N5S2/c1-5-16-6-8-17(9-7-16)10-18-12(19)20-11(15-18)14-13(2,3)4/h5-10H2,1-4H3,(H,14,15). The molecule has 0 amide bonds. The first-order chi connectivity index (χ1) is 9.37.